The lowest BCUT2D eigenvalue weighted by Gasteiger charge is -2.32. The number of aryl methyl sites for hydroxylation is 1. The molecular weight excluding hydrogens is 351 g/mol. The van der Waals surface area contributed by atoms with Gasteiger partial charge in [0.05, 0.1) is 22.9 Å². The Bertz CT molecular complexity index is 1030. The van der Waals surface area contributed by atoms with Gasteiger partial charge < -0.3 is 14.2 Å². The number of fused-ring (bicyclic) bond motifs is 1. The van der Waals surface area contributed by atoms with E-state index in [0.29, 0.717) is 0 Å². The van der Waals surface area contributed by atoms with Gasteiger partial charge in [0.2, 0.25) is 0 Å². The predicted octanol–water partition coefficient (Wildman–Crippen LogP) is 3.09. The molecule has 3 aromatic rings. The number of nitrogens with zero attached hydrogens (tertiary/aromatic N) is 4. The molecule has 3 heterocycles. The molecule has 1 fully saturated rings. The van der Waals surface area contributed by atoms with Crippen LogP contribution < -0.4 is 10.4 Å². The van der Waals surface area contributed by atoms with Crippen molar-refractivity contribution in [1.29, 1.82) is 0 Å². The lowest BCUT2D eigenvalue weighted by molar-refractivity contribution is 0.00578. The molecule has 146 valence electrons. The van der Waals surface area contributed by atoms with E-state index in [9.17, 15) is 0 Å². The van der Waals surface area contributed by atoms with Crippen LogP contribution in [-0.2, 0) is 9.31 Å². The van der Waals surface area contributed by atoms with Crippen LogP contribution in [-0.4, -0.2) is 47.2 Å². The van der Waals surface area contributed by atoms with Crippen LogP contribution in [0, 0.1) is 6.92 Å². The molecule has 1 aliphatic rings. The molecule has 7 heteroatoms. The first-order valence-electron chi connectivity index (χ1n) is 9.58. The third kappa shape index (κ3) is 2.99. The van der Waals surface area contributed by atoms with Crippen molar-refractivity contribution in [3.63, 3.8) is 0 Å². The van der Waals surface area contributed by atoms with Gasteiger partial charge in [-0.25, -0.2) is 9.67 Å². The summed E-state index contributed by atoms with van der Waals surface area (Å²) >= 11 is 0. The number of hydrogen-bond donors (Lipinski definition) is 0. The van der Waals surface area contributed by atoms with Gasteiger partial charge in [0.15, 0.2) is 5.82 Å². The highest BCUT2D eigenvalue weighted by molar-refractivity contribution is 6.62. The second-order valence-electron chi connectivity index (χ2n) is 8.65. The fourth-order valence-corrected chi connectivity index (χ4v) is 3.44. The van der Waals surface area contributed by atoms with Crippen LogP contribution in [0.5, 0.6) is 0 Å². The molecule has 1 aliphatic heterocycles. The minimum Gasteiger partial charge on any atom is -0.399 e. The maximum absolute atomic E-state index is 6.29. The van der Waals surface area contributed by atoms with Crippen molar-refractivity contribution in [2.24, 2.45) is 0 Å². The molecule has 0 radical (unpaired) electrons. The van der Waals surface area contributed by atoms with Crippen molar-refractivity contribution in [3.8, 4) is 5.82 Å². The van der Waals surface area contributed by atoms with Crippen LogP contribution in [0.15, 0.2) is 36.5 Å². The molecule has 6 nitrogen and oxygen atoms in total. The number of rotatable bonds is 3. The van der Waals surface area contributed by atoms with Gasteiger partial charge in [-0.3, -0.25) is 0 Å². The molecule has 1 saturated heterocycles. The number of anilines is 1. The molecule has 28 heavy (non-hydrogen) atoms. The van der Waals surface area contributed by atoms with Crippen LogP contribution in [0.2, 0.25) is 0 Å². The van der Waals surface area contributed by atoms with Crippen LogP contribution in [0.3, 0.4) is 0 Å². The van der Waals surface area contributed by atoms with Crippen molar-refractivity contribution in [1.82, 2.24) is 14.8 Å². The lowest BCUT2D eigenvalue weighted by Crippen LogP contribution is -2.41. The van der Waals surface area contributed by atoms with Crippen molar-refractivity contribution in [2.45, 2.75) is 45.8 Å². The van der Waals surface area contributed by atoms with E-state index in [1.54, 1.807) is 0 Å². The van der Waals surface area contributed by atoms with Crippen LogP contribution in [0.4, 0.5) is 5.69 Å². The zero-order chi connectivity index (χ0) is 20.3. The van der Waals surface area contributed by atoms with E-state index in [2.05, 4.69) is 54.8 Å². The molecular formula is C21H27BN4O2. The normalized spacial score (nSPS) is 18.0. The second-order valence-corrected chi connectivity index (χ2v) is 8.65. The minimum atomic E-state index is -0.429. The highest BCUT2D eigenvalue weighted by Crippen LogP contribution is 2.37. The SMILES string of the molecule is Cc1cccc(-n2ncc3c(N(C)C)cc(B4OC(C)(C)C(C)(C)O4)cc32)n1. The van der Waals surface area contributed by atoms with E-state index in [-0.39, 0.29) is 11.2 Å². The summed E-state index contributed by atoms with van der Waals surface area (Å²) in [6.45, 7) is 10.3. The van der Waals surface area contributed by atoms with E-state index in [1.165, 1.54) is 0 Å². The average Bonchev–Trinajstić information content (AvgIpc) is 3.12. The van der Waals surface area contributed by atoms with Crippen LogP contribution in [0.1, 0.15) is 33.4 Å². The van der Waals surface area contributed by atoms with E-state index in [0.717, 1.165) is 33.6 Å². The summed E-state index contributed by atoms with van der Waals surface area (Å²) in [7, 11) is 3.64. The number of benzene rings is 1. The van der Waals surface area contributed by atoms with Gasteiger partial charge in [-0.05, 0) is 64.3 Å². The molecule has 0 bridgehead atoms. The Labute approximate surface area is 166 Å². The highest BCUT2D eigenvalue weighted by atomic mass is 16.7. The lowest BCUT2D eigenvalue weighted by atomic mass is 9.78. The Balaban J connectivity index is 1.88. The zero-order valence-corrected chi connectivity index (χ0v) is 17.6. The van der Waals surface area contributed by atoms with Gasteiger partial charge in [0.1, 0.15) is 0 Å². The van der Waals surface area contributed by atoms with E-state index in [1.807, 2.05) is 50.1 Å². The summed E-state index contributed by atoms with van der Waals surface area (Å²) in [6, 6.07) is 10.2. The Morgan fingerprint density at radius 2 is 1.71 bits per heavy atom. The quantitative estimate of drug-likeness (QED) is 0.656. The first-order chi connectivity index (χ1) is 13.1. The van der Waals surface area contributed by atoms with E-state index < -0.39 is 7.12 Å². The molecule has 1 aromatic carbocycles. The highest BCUT2D eigenvalue weighted by Gasteiger charge is 2.51. The zero-order valence-electron chi connectivity index (χ0n) is 17.6. The standard InChI is InChI=1S/C21H27BN4O2/c1-14-9-8-10-19(24-14)26-18-12-15(11-17(25(6)7)16(18)13-23-26)22-27-20(2,3)21(4,5)28-22/h8-13H,1-7H3. The first-order valence-corrected chi connectivity index (χ1v) is 9.58. The number of hydrogen-bond acceptors (Lipinski definition) is 5. The van der Waals surface area contributed by atoms with E-state index >= 15 is 0 Å². The van der Waals surface area contributed by atoms with Gasteiger partial charge in [0, 0.05) is 30.9 Å². The maximum atomic E-state index is 6.29. The summed E-state index contributed by atoms with van der Waals surface area (Å²) in [4.78, 5) is 6.73. The Kier molecular flexibility index (Phi) is 4.28. The largest absolute Gasteiger partial charge is 0.494 e. The van der Waals surface area contributed by atoms with Gasteiger partial charge in [-0.2, -0.15) is 5.10 Å². The Morgan fingerprint density at radius 3 is 2.32 bits per heavy atom. The van der Waals surface area contributed by atoms with Crippen molar-refractivity contribution >= 4 is 29.2 Å². The molecule has 0 aliphatic carbocycles. The third-order valence-electron chi connectivity index (χ3n) is 5.79. The Hall–Kier alpha value is -2.38. The molecule has 0 spiro atoms. The molecule has 2 aromatic heterocycles. The number of pyridine rings is 1. The molecule has 0 unspecified atom stereocenters. The molecule has 4 rings (SSSR count). The van der Waals surface area contributed by atoms with Gasteiger partial charge in [0.25, 0.3) is 0 Å². The topological polar surface area (TPSA) is 52.4 Å². The fraction of sp³-hybridized carbons (Fsp3) is 0.429. The summed E-state index contributed by atoms with van der Waals surface area (Å²) in [5.41, 5.74) is 3.21. The predicted molar refractivity (Wildman–Crippen MR) is 114 cm³/mol. The first kappa shape index (κ1) is 19.0. The summed E-state index contributed by atoms with van der Waals surface area (Å²) in [6.07, 6.45) is 1.89. The van der Waals surface area contributed by atoms with Gasteiger partial charge >= 0.3 is 7.12 Å². The third-order valence-corrected chi connectivity index (χ3v) is 5.79. The molecule has 0 amide bonds. The van der Waals surface area contributed by atoms with Crippen LogP contribution in [0.25, 0.3) is 16.7 Å². The molecule has 0 N–H and O–H groups in total. The van der Waals surface area contributed by atoms with Crippen molar-refractivity contribution < 1.29 is 9.31 Å². The van der Waals surface area contributed by atoms with Gasteiger partial charge in [-0.15, -0.1) is 0 Å². The maximum Gasteiger partial charge on any atom is 0.494 e. The number of aromatic nitrogens is 3. The Morgan fingerprint density at radius 1 is 1.04 bits per heavy atom. The second kappa shape index (κ2) is 6.32. The monoisotopic (exact) mass is 378 g/mol. The van der Waals surface area contributed by atoms with Crippen LogP contribution >= 0.6 is 0 Å². The van der Waals surface area contributed by atoms with Crippen molar-refractivity contribution in [2.75, 3.05) is 19.0 Å². The van der Waals surface area contributed by atoms with E-state index in [4.69, 9.17) is 9.31 Å². The minimum absolute atomic E-state index is 0.386. The smallest absolute Gasteiger partial charge is 0.399 e. The summed E-state index contributed by atoms with van der Waals surface area (Å²) in [5.74, 6) is 0.797. The summed E-state index contributed by atoms with van der Waals surface area (Å²) < 4.78 is 14.5. The molecule has 0 atom stereocenters. The molecule has 0 saturated carbocycles. The van der Waals surface area contributed by atoms with Gasteiger partial charge in [-0.1, -0.05) is 6.07 Å². The fourth-order valence-electron chi connectivity index (χ4n) is 3.44. The van der Waals surface area contributed by atoms with Crippen molar-refractivity contribution in [3.05, 3.63) is 42.2 Å². The average molecular weight is 378 g/mol. The summed E-state index contributed by atoms with van der Waals surface area (Å²) in [5, 5.41) is 5.68.